The zero-order valence-electron chi connectivity index (χ0n) is 11.3. The monoisotopic (exact) mass is 259 g/mol. The number of amides is 1. The van der Waals surface area contributed by atoms with E-state index in [1.165, 1.54) is 31.2 Å². The highest BCUT2D eigenvalue weighted by atomic mass is 16.3. The second-order valence-corrected chi connectivity index (χ2v) is 5.87. The van der Waals surface area contributed by atoms with Gasteiger partial charge in [-0.05, 0) is 48.4 Å². The molecule has 1 N–H and O–H groups in total. The zero-order valence-corrected chi connectivity index (χ0v) is 11.3. The Hall–Kier alpha value is -1.51. The van der Waals surface area contributed by atoms with Gasteiger partial charge in [-0.1, -0.05) is 18.9 Å². The predicted molar refractivity (Wildman–Crippen MR) is 73.8 cm³/mol. The minimum absolute atomic E-state index is 0.292. The molecule has 0 unspecified atom stereocenters. The van der Waals surface area contributed by atoms with Gasteiger partial charge in [-0.3, -0.25) is 4.79 Å². The van der Waals surface area contributed by atoms with Crippen molar-refractivity contribution in [1.82, 2.24) is 4.90 Å². The van der Waals surface area contributed by atoms with Crippen molar-refractivity contribution >= 4 is 5.91 Å². The van der Waals surface area contributed by atoms with Gasteiger partial charge in [0.1, 0.15) is 5.75 Å². The number of nitrogens with zero attached hydrogens (tertiary/aromatic N) is 1. The van der Waals surface area contributed by atoms with Crippen LogP contribution >= 0.6 is 0 Å². The normalized spacial score (nSPS) is 19.5. The number of phenols is 1. The van der Waals surface area contributed by atoms with Crippen LogP contribution in [0.25, 0.3) is 0 Å². The first-order valence-corrected chi connectivity index (χ1v) is 7.31. The second-order valence-electron chi connectivity index (χ2n) is 5.87. The van der Waals surface area contributed by atoms with Crippen LogP contribution < -0.4 is 0 Å². The fraction of sp³-hybridized carbons (Fsp3) is 0.562. The Morgan fingerprint density at radius 2 is 2.05 bits per heavy atom. The number of fused-ring (bicyclic) bond motifs is 1. The molecular weight excluding hydrogens is 238 g/mol. The minimum atomic E-state index is 0.292. The third-order valence-electron chi connectivity index (χ3n) is 4.49. The summed E-state index contributed by atoms with van der Waals surface area (Å²) < 4.78 is 0. The fourth-order valence-electron chi connectivity index (χ4n) is 3.35. The van der Waals surface area contributed by atoms with E-state index in [0.29, 0.717) is 30.5 Å². The smallest absolute Gasteiger partial charge is 0.223 e. The van der Waals surface area contributed by atoms with Crippen molar-refractivity contribution in [2.75, 3.05) is 6.54 Å². The van der Waals surface area contributed by atoms with Crippen LogP contribution in [0.3, 0.4) is 0 Å². The van der Waals surface area contributed by atoms with Gasteiger partial charge >= 0.3 is 0 Å². The Bertz CT molecular complexity index is 478. The molecule has 1 fully saturated rings. The molecule has 1 amide bonds. The van der Waals surface area contributed by atoms with E-state index in [1.54, 1.807) is 12.1 Å². The molecule has 1 saturated carbocycles. The predicted octanol–water partition coefficient (Wildman–Crippen LogP) is 2.86. The minimum Gasteiger partial charge on any atom is -0.508 e. The van der Waals surface area contributed by atoms with E-state index in [2.05, 4.69) is 0 Å². The summed E-state index contributed by atoms with van der Waals surface area (Å²) in [7, 11) is 0. The van der Waals surface area contributed by atoms with E-state index < -0.39 is 0 Å². The number of rotatable bonds is 2. The van der Waals surface area contributed by atoms with Crippen LogP contribution in [0.1, 0.15) is 43.2 Å². The Morgan fingerprint density at radius 3 is 2.84 bits per heavy atom. The first-order chi connectivity index (χ1) is 9.22. The number of carbonyl (C=O) groups is 1. The lowest BCUT2D eigenvalue weighted by atomic mass is 9.97. The van der Waals surface area contributed by atoms with Crippen molar-refractivity contribution in [2.45, 2.75) is 45.1 Å². The molecule has 0 saturated heterocycles. The van der Waals surface area contributed by atoms with Crippen LogP contribution in [0, 0.1) is 5.92 Å². The van der Waals surface area contributed by atoms with Gasteiger partial charge in [-0.2, -0.15) is 0 Å². The number of hydrogen-bond donors (Lipinski definition) is 1. The van der Waals surface area contributed by atoms with E-state index in [4.69, 9.17) is 0 Å². The Kier molecular flexibility index (Phi) is 3.45. The maximum absolute atomic E-state index is 12.3. The van der Waals surface area contributed by atoms with E-state index in [9.17, 15) is 9.90 Å². The molecule has 19 heavy (non-hydrogen) atoms. The Morgan fingerprint density at radius 1 is 1.26 bits per heavy atom. The van der Waals surface area contributed by atoms with Crippen LogP contribution in [0.2, 0.25) is 0 Å². The summed E-state index contributed by atoms with van der Waals surface area (Å²) in [4.78, 5) is 14.3. The van der Waals surface area contributed by atoms with Crippen molar-refractivity contribution in [3.63, 3.8) is 0 Å². The zero-order chi connectivity index (χ0) is 13.2. The van der Waals surface area contributed by atoms with Crippen LogP contribution in [-0.4, -0.2) is 22.5 Å². The van der Waals surface area contributed by atoms with Gasteiger partial charge in [-0.25, -0.2) is 0 Å². The number of hydrogen-bond acceptors (Lipinski definition) is 2. The van der Waals surface area contributed by atoms with E-state index in [1.807, 2.05) is 11.0 Å². The maximum Gasteiger partial charge on any atom is 0.223 e. The van der Waals surface area contributed by atoms with Gasteiger partial charge in [0.05, 0.1) is 0 Å². The molecule has 1 aliphatic carbocycles. The second kappa shape index (κ2) is 5.24. The molecule has 1 aromatic rings. The molecular formula is C16H21NO2. The molecule has 102 valence electrons. The Balaban J connectivity index is 1.65. The SMILES string of the molecule is O=C(CC1CCCC1)N1CCc2ccc(O)cc2C1. The van der Waals surface area contributed by atoms with Crippen molar-refractivity contribution in [1.29, 1.82) is 0 Å². The number of phenolic OH excluding ortho intramolecular Hbond substituents is 1. The van der Waals surface area contributed by atoms with Crippen molar-refractivity contribution in [3.05, 3.63) is 29.3 Å². The summed E-state index contributed by atoms with van der Waals surface area (Å²) in [6.45, 7) is 1.48. The first kappa shape index (κ1) is 12.5. The van der Waals surface area contributed by atoms with E-state index in [0.717, 1.165) is 18.5 Å². The third kappa shape index (κ3) is 2.75. The molecule has 0 atom stereocenters. The lowest BCUT2D eigenvalue weighted by Crippen LogP contribution is -2.36. The van der Waals surface area contributed by atoms with Crippen LogP contribution in [-0.2, 0) is 17.8 Å². The van der Waals surface area contributed by atoms with Gasteiger partial charge in [0.15, 0.2) is 0 Å². The molecule has 3 heteroatoms. The van der Waals surface area contributed by atoms with Crippen molar-refractivity contribution in [3.8, 4) is 5.75 Å². The maximum atomic E-state index is 12.3. The van der Waals surface area contributed by atoms with Crippen molar-refractivity contribution < 1.29 is 9.90 Å². The fourth-order valence-corrected chi connectivity index (χ4v) is 3.35. The molecule has 0 radical (unpaired) electrons. The van der Waals surface area contributed by atoms with Gasteiger partial charge in [0.2, 0.25) is 5.91 Å². The summed E-state index contributed by atoms with van der Waals surface area (Å²) in [5.41, 5.74) is 2.37. The summed E-state index contributed by atoms with van der Waals surface area (Å²) in [6.07, 6.45) is 6.64. The third-order valence-corrected chi connectivity index (χ3v) is 4.49. The van der Waals surface area contributed by atoms with Crippen molar-refractivity contribution in [2.24, 2.45) is 5.92 Å². The quantitative estimate of drug-likeness (QED) is 0.887. The lowest BCUT2D eigenvalue weighted by molar-refractivity contribution is -0.133. The van der Waals surface area contributed by atoms with Gasteiger partial charge in [0.25, 0.3) is 0 Å². The van der Waals surface area contributed by atoms with E-state index in [-0.39, 0.29) is 0 Å². The molecule has 1 aliphatic heterocycles. The standard InChI is InChI=1S/C16H21NO2/c18-15-6-5-13-7-8-17(11-14(13)10-15)16(19)9-12-3-1-2-4-12/h5-6,10,12,18H,1-4,7-9,11H2. The molecule has 0 aromatic heterocycles. The average Bonchev–Trinajstić information content (AvgIpc) is 2.90. The topological polar surface area (TPSA) is 40.5 Å². The van der Waals surface area contributed by atoms with Gasteiger partial charge < -0.3 is 10.0 Å². The van der Waals surface area contributed by atoms with Crippen LogP contribution in [0.4, 0.5) is 0 Å². The van der Waals surface area contributed by atoms with E-state index >= 15 is 0 Å². The molecule has 0 spiro atoms. The van der Waals surface area contributed by atoms with Gasteiger partial charge in [-0.15, -0.1) is 0 Å². The summed E-state index contributed by atoms with van der Waals surface area (Å²) >= 11 is 0. The average molecular weight is 259 g/mol. The highest BCUT2D eigenvalue weighted by Crippen LogP contribution is 2.29. The molecule has 0 bridgehead atoms. The first-order valence-electron chi connectivity index (χ1n) is 7.31. The highest BCUT2D eigenvalue weighted by Gasteiger charge is 2.24. The number of benzene rings is 1. The molecule has 1 heterocycles. The van der Waals surface area contributed by atoms with Crippen LogP contribution in [0.5, 0.6) is 5.75 Å². The molecule has 1 aromatic carbocycles. The Labute approximate surface area is 114 Å². The summed E-state index contributed by atoms with van der Waals surface area (Å²) in [5.74, 6) is 1.20. The summed E-state index contributed by atoms with van der Waals surface area (Å²) in [6, 6.07) is 5.50. The highest BCUT2D eigenvalue weighted by molar-refractivity contribution is 5.76. The molecule has 3 nitrogen and oxygen atoms in total. The van der Waals surface area contributed by atoms with Gasteiger partial charge in [0, 0.05) is 19.5 Å². The largest absolute Gasteiger partial charge is 0.508 e. The summed E-state index contributed by atoms with van der Waals surface area (Å²) in [5, 5.41) is 9.54. The number of carbonyl (C=O) groups excluding carboxylic acids is 1. The van der Waals surface area contributed by atoms with Crippen LogP contribution in [0.15, 0.2) is 18.2 Å². The molecule has 2 aliphatic rings. The lowest BCUT2D eigenvalue weighted by Gasteiger charge is -2.29. The number of aromatic hydroxyl groups is 1. The molecule has 3 rings (SSSR count).